The Balaban J connectivity index is 1.52. The molecule has 3 aromatic carbocycles. The maximum Gasteiger partial charge on any atom is 0.407 e. The van der Waals surface area contributed by atoms with E-state index >= 15 is 0 Å². The molecule has 0 aliphatic rings. The van der Waals surface area contributed by atoms with Crippen LogP contribution < -0.4 is 16.1 Å². The van der Waals surface area contributed by atoms with E-state index in [9.17, 15) is 19.2 Å². The third-order valence-corrected chi connectivity index (χ3v) is 4.79. The Morgan fingerprint density at radius 3 is 1.94 bits per heavy atom. The van der Waals surface area contributed by atoms with Crippen molar-refractivity contribution < 1.29 is 28.8 Å². The molecule has 3 N–H and O–H groups in total. The van der Waals surface area contributed by atoms with E-state index in [0.717, 1.165) is 11.1 Å². The topological polar surface area (TPSA) is 123 Å². The molecule has 35 heavy (non-hydrogen) atoms. The van der Waals surface area contributed by atoms with Gasteiger partial charge in [-0.05, 0) is 23.3 Å². The highest BCUT2D eigenvalue weighted by molar-refractivity contribution is 5.92. The monoisotopic (exact) mass is 475 g/mol. The Hall–Kier alpha value is -4.66. The largest absolute Gasteiger partial charge is 0.445 e. The molecule has 0 unspecified atom stereocenters. The number of hydrogen-bond donors (Lipinski definition) is 3. The summed E-state index contributed by atoms with van der Waals surface area (Å²) in [6, 6.07) is 25.2. The maximum atomic E-state index is 12.7. The lowest BCUT2D eigenvalue weighted by Gasteiger charge is -2.18. The van der Waals surface area contributed by atoms with E-state index in [1.165, 1.54) is 0 Å². The first-order valence-electron chi connectivity index (χ1n) is 10.8. The van der Waals surface area contributed by atoms with Crippen molar-refractivity contribution in [1.29, 1.82) is 0 Å². The summed E-state index contributed by atoms with van der Waals surface area (Å²) in [4.78, 5) is 54.0. The minimum Gasteiger partial charge on any atom is -0.445 e. The number of carbonyl (C=O) groups is 4. The Bertz CT molecular complexity index is 1120. The number of rotatable bonds is 9. The van der Waals surface area contributed by atoms with E-state index in [4.69, 9.17) is 9.57 Å². The number of carbonyl (C=O) groups excluding carboxylic acids is 4. The maximum absolute atomic E-state index is 12.7. The van der Waals surface area contributed by atoms with Gasteiger partial charge in [0.25, 0.3) is 5.91 Å². The highest BCUT2D eigenvalue weighted by Crippen LogP contribution is 2.05. The first-order chi connectivity index (χ1) is 17.0. The number of nitrogens with one attached hydrogen (secondary N) is 3. The van der Waals surface area contributed by atoms with Crippen molar-refractivity contribution in [2.45, 2.75) is 19.1 Å². The van der Waals surface area contributed by atoms with Gasteiger partial charge >= 0.3 is 12.1 Å². The summed E-state index contributed by atoms with van der Waals surface area (Å²) in [5.74, 6) is -2.09. The Labute approximate surface area is 202 Å². The van der Waals surface area contributed by atoms with Gasteiger partial charge in [0.2, 0.25) is 5.91 Å². The zero-order valence-corrected chi connectivity index (χ0v) is 18.8. The molecule has 0 saturated heterocycles. The van der Waals surface area contributed by atoms with Crippen molar-refractivity contribution in [3.8, 4) is 0 Å². The van der Waals surface area contributed by atoms with Crippen molar-refractivity contribution in [2.24, 2.45) is 0 Å². The van der Waals surface area contributed by atoms with E-state index in [1.807, 2.05) is 24.3 Å². The summed E-state index contributed by atoms with van der Waals surface area (Å²) in [5, 5.41) is 4.89. The van der Waals surface area contributed by atoms with Crippen molar-refractivity contribution in [1.82, 2.24) is 16.1 Å². The van der Waals surface area contributed by atoms with Crippen molar-refractivity contribution in [2.75, 3.05) is 6.54 Å². The van der Waals surface area contributed by atoms with E-state index in [0.29, 0.717) is 0 Å². The Morgan fingerprint density at radius 2 is 1.31 bits per heavy atom. The van der Waals surface area contributed by atoms with Crippen LogP contribution in [-0.4, -0.2) is 36.5 Å². The van der Waals surface area contributed by atoms with Gasteiger partial charge in [0, 0.05) is 6.42 Å². The third kappa shape index (κ3) is 8.65. The third-order valence-electron chi connectivity index (χ3n) is 4.79. The molecular formula is C26H25N3O6. The number of alkyl carbamates (subject to hydrolysis) is 1. The van der Waals surface area contributed by atoms with Crippen LogP contribution in [0.5, 0.6) is 0 Å². The molecule has 0 aliphatic heterocycles. The van der Waals surface area contributed by atoms with Gasteiger partial charge in [0.1, 0.15) is 19.2 Å². The lowest BCUT2D eigenvalue weighted by Crippen LogP contribution is -2.50. The average Bonchev–Trinajstić information content (AvgIpc) is 2.90. The second kappa shape index (κ2) is 13.1. The fourth-order valence-electron chi connectivity index (χ4n) is 3.03. The molecule has 3 rings (SSSR count). The number of benzene rings is 3. The number of hydrogen-bond acceptors (Lipinski definition) is 6. The Kier molecular flexibility index (Phi) is 9.38. The fourth-order valence-corrected chi connectivity index (χ4v) is 3.03. The van der Waals surface area contributed by atoms with Gasteiger partial charge in [-0.15, -0.1) is 0 Å². The number of amides is 3. The molecule has 0 aliphatic carbocycles. The summed E-state index contributed by atoms with van der Waals surface area (Å²) >= 11 is 0. The lowest BCUT2D eigenvalue weighted by atomic mass is 10.1. The van der Waals surface area contributed by atoms with Gasteiger partial charge in [-0.25, -0.2) is 9.59 Å². The summed E-state index contributed by atoms with van der Waals surface area (Å²) in [5.41, 5.74) is 3.93. The molecule has 3 amide bonds. The second-order valence-corrected chi connectivity index (χ2v) is 7.45. The number of hydroxylamine groups is 1. The summed E-state index contributed by atoms with van der Waals surface area (Å²) in [6.07, 6.45) is -0.635. The van der Waals surface area contributed by atoms with Crippen LogP contribution in [0.3, 0.4) is 0 Å². The molecule has 3 aromatic rings. The fraction of sp³-hybridized carbons (Fsp3) is 0.154. The van der Waals surface area contributed by atoms with E-state index in [2.05, 4.69) is 16.1 Å². The van der Waals surface area contributed by atoms with Crippen LogP contribution in [-0.2, 0) is 32.2 Å². The standard InChI is InChI=1S/C26H25N3O6/c30-23(17-27-26(33)34-18-20-12-6-2-7-13-20)28-22(16-19-10-4-1-5-11-19)24(31)29-35-25(32)21-14-8-3-9-15-21/h1-15,22H,16-18H2,(H,27,33)(H,28,30)(H,29,31)/t22-/m0/s1. The molecule has 0 spiro atoms. The molecule has 9 nitrogen and oxygen atoms in total. The van der Waals surface area contributed by atoms with Gasteiger partial charge in [0.05, 0.1) is 5.56 Å². The minimum absolute atomic E-state index is 0.0557. The molecule has 180 valence electrons. The van der Waals surface area contributed by atoms with Crippen LogP contribution in [0.25, 0.3) is 0 Å². The van der Waals surface area contributed by atoms with Crippen LogP contribution >= 0.6 is 0 Å². The smallest absolute Gasteiger partial charge is 0.407 e. The van der Waals surface area contributed by atoms with Crippen molar-refractivity contribution in [3.63, 3.8) is 0 Å². The summed E-state index contributed by atoms with van der Waals surface area (Å²) in [6.45, 7) is -0.351. The van der Waals surface area contributed by atoms with Gasteiger partial charge in [-0.2, -0.15) is 5.48 Å². The highest BCUT2D eigenvalue weighted by atomic mass is 16.7. The van der Waals surface area contributed by atoms with Crippen molar-refractivity contribution in [3.05, 3.63) is 108 Å². The van der Waals surface area contributed by atoms with Gasteiger partial charge in [-0.3, -0.25) is 9.59 Å². The van der Waals surface area contributed by atoms with Crippen molar-refractivity contribution >= 4 is 23.9 Å². The van der Waals surface area contributed by atoms with E-state index in [-0.39, 0.29) is 18.6 Å². The molecule has 0 heterocycles. The molecule has 1 atom stereocenters. The Morgan fingerprint density at radius 1 is 0.743 bits per heavy atom. The average molecular weight is 476 g/mol. The van der Waals surface area contributed by atoms with Gasteiger partial charge in [-0.1, -0.05) is 78.9 Å². The van der Waals surface area contributed by atoms with Crippen LogP contribution in [0.4, 0.5) is 4.79 Å². The molecule has 0 aromatic heterocycles. The van der Waals surface area contributed by atoms with E-state index in [1.54, 1.807) is 66.7 Å². The van der Waals surface area contributed by atoms with Gasteiger partial charge < -0.3 is 20.2 Å². The van der Waals surface area contributed by atoms with Crippen LogP contribution in [0.1, 0.15) is 21.5 Å². The molecule has 9 heteroatoms. The lowest BCUT2D eigenvalue weighted by molar-refractivity contribution is -0.135. The quantitative estimate of drug-likeness (QED) is 0.409. The molecule has 0 bridgehead atoms. The van der Waals surface area contributed by atoms with Crippen LogP contribution in [0, 0.1) is 0 Å². The molecule has 0 fully saturated rings. The zero-order valence-electron chi connectivity index (χ0n) is 18.8. The predicted octanol–water partition coefficient (Wildman–Crippen LogP) is 2.53. The van der Waals surface area contributed by atoms with Crippen LogP contribution in [0.2, 0.25) is 0 Å². The molecular weight excluding hydrogens is 450 g/mol. The van der Waals surface area contributed by atoms with Crippen LogP contribution in [0.15, 0.2) is 91.0 Å². The first-order valence-corrected chi connectivity index (χ1v) is 10.8. The van der Waals surface area contributed by atoms with Gasteiger partial charge in [0.15, 0.2) is 0 Å². The predicted molar refractivity (Wildman–Crippen MR) is 127 cm³/mol. The summed E-state index contributed by atoms with van der Waals surface area (Å²) < 4.78 is 5.07. The van der Waals surface area contributed by atoms with E-state index < -0.39 is 36.5 Å². The summed E-state index contributed by atoms with van der Waals surface area (Å²) in [7, 11) is 0. The number of ether oxygens (including phenoxy) is 1. The minimum atomic E-state index is -1.06. The normalized spacial score (nSPS) is 11.0. The SMILES string of the molecule is O=C(CNC(=O)OCc1ccccc1)N[C@@H](Cc1ccccc1)C(=O)NOC(=O)c1ccccc1. The second-order valence-electron chi connectivity index (χ2n) is 7.45. The zero-order chi connectivity index (χ0) is 24.9. The highest BCUT2D eigenvalue weighted by Gasteiger charge is 2.23. The first kappa shape index (κ1) is 25.0. The molecule has 0 saturated carbocycles. The molecule has 0 radical (unpaired) electrons.